The second kappa shape index (κ2) is 5.45. The van der Waals surface area contributed by atoms with Crippen LogP contribution in [0.3, 0.4) is 0 Å². The molecule has 106 valence electrons. The molecule has 0 aromatic carbocycles. The van der Waals surface area contributed by atoms with Crippen LogP contribution >= 0.6 is 0 Å². The lowest BCUT2D eigenvalue weighted by atomic mass is 9.94. The Morgan fingerprint density at radius 3 is 2.22 bits per heavy atom. The molecule has 2 fully saturated rings. The monoisotopic (exact) mass is 275 g/mol. The SMILES string of the molecule is CC1CC(C)CN(S(=O)(=O)N2CCC[C@@H](N)C2)C1. The van der Waals surface area contributed by atoms with Crippen LogP contribution in [-0.4, -0.2) is 49.2 Å². The van der Waals surface area contributed by atoms with Gasteiger partial charge >= 0.3 is 0 Å². The van der Waals surface area contributed by atoms with E-state index in [0.717, 1.165) is 19.3 Å². The standard InChI is InChI=1S/C12H25N3O2S/c1-10-6-11(2)8-15(7-10)18(16,17)14-5-3-4-12(13)9-14/h10-12H,3-9,13H2,1-2H3/t10?,11?,12-/m1/s1. The zero-order valence-electron chi connectivity index (χ0n) is 11.4. The first kappa shape index (κ1) is 14.2. The highest BCUT2D eigenvalue weighted by Crippen LogP contribution is 2.25. The fraction of sp³-hybridized carbons (Fsp3) is 1.00. The van der Waals surface area contributed by atoms with Crippen molar-refractivity contribution >= 4 is 10.2 Å². The molecule has 5 nitrogen and oxygen atoms in total. The van der Waals surface area contributed by atoms with Crippen LogP contribution < -0.4 is 5.73 Å². The molecule has 0 aliphatic carbocycles. The minimum Gasteiger partial charge on any atom is -0.327 e. The third-order valence-electron chi connectivity index (χ3n) is 3.91. The van der Waals surface area contributed by atoms with E-state index in [-0.39, 0.29) is 6.04 Å². The van der Waals surface area contributed by atoms with Gasteiger partial charge in [0.1, 0.15) is 0 Å². The van der Waals surface area contributed by atoms with Gasteiger partial charge in [-0.2, -0.15) is 17.0 Å². The molecule has 0 aromatic heterocycles. The number of hydrogen-bond acceptors (Lipinski definition) is 3. The molecular weight excluding hydrogens is 250 g/mol. The molecule has 6 heteroatoms. The summed E-state index contributed by atoms with van der Waals surface area (Å²) in [6.07, 6.45) is 2.92. The third-order valence-corrected chi connectivity index (χ3v) is 5.84. The van der Waals surface area contributed by atoms with Crippen molar-refractivity contribution in [2.24, 2.45) is 17.6 Å². The van der Waals surface area contributed by atoms with Crippen molar-refractivity contribution < 1.29 is 8.42 Å². The van der Waals surface area contributed by atoms with Crippen LogP contribution in [0.2, 0.25) is 0 Å². The Labute approximate surface area is 110 Å². The predicted molar refractivity (Wildman–Crippen MR) is 72.2 cm³/mol. The van der Waals surface area contributed by atoms with Crippen LogP contribution in [0.15, 0.2) is 0 Å². The van der Waals surface area contributed by atoms with Crippen LogP contribution in [-0.2, 0) is 10.2 Å². The van der Waals surface area contributed by atoms with Gasteiger partial charge in [-0.1, -0.05) is 13.8 Å². The van der Waals surface area contributed by atoms with Crippen LogP contribution in [0, 0.1) is 11.8 Å². The maximum Gasteiger partial charge on any atom is 0.282 e. The lowest BCUT2D eigenvalue weighted by Crippen LogP contribution is -2.54. The van der Waals surface area contributed by atoms with Crippen molar-refractivity contribution in [3.8, 4) is 0 Å². The largest absolute Gasteiger partial charge is 0.327 e. The smallest absolute Gasteiger partial charge is 0.282 e. The van der Waals surface area contributed by atoms with E-state index < -0.39 is 10.2 Å². The van der Waals surface area contributed by atoms with E-state index in [1.54, 1.807) is 8.61 Å². The van der Waals surface area contributed by atoms with Crippen molar-refractivity contribution in [3.63, 3.8) is 0 Å². The topological polar surface area (TPSA) is 66.6 Å². The molecule has 2 N–H and O–H groups in total. The molecule has 2 unspecified atom stereocenters. The second-order valence-corrected chi connectivity index (χ2v) is 7.96. The first-order chi connectivity index (χ1) is 8.39. The number of hydrogen-bond donors (Lipinski definition) is 1. The Balaban J connectivity index is 2.09. The molecule has 18 heavy (non-hydrogen) atoms. The van der Waals surface area contributed by atoms with Gasteiger partial charge in [0.25, 0.3) is 10.2 Å². The Hall–Kier alpha value is -0.170. The van der Waals surface area contributed by atoms with Crippen molar-refractivity contribution in [1.29, 1.82) is 0 Å². The molecule has 2 rings (SSSR count). The molecule has 2 aliphatic rings. The zero-order chi connectivity index (χ0) is 13.3. The quantitative estimate of drug-likeness (QED) is 0.804. The molecule has 2 saturated heterocycles. The number of piperidine rings is 2. The minimum atomic E-state index is -3.30. The van der Waals surface area contributed by atoms with Gasteiger partial charge in [0.05, 0.1) is 0 Å². The second-order valence-electron chi connectivity index (χ2n) is 6.03. The van der Waals surface area contributed by atoms with Crippen LogP contribution in [0.25, 0.3) is 0 Å². The Bertz CT molecular complexity index is 375. The third kappa shape index (κ3) is 3.04. The first-order valence-electron chi connectivity index (χ1n) is 6.90. The van der Waals surface area contributed by atoms with E-state index in [1.807, 2.05) is 0 Å². The summed E-state index contributed by atoms with van der Waals surface area (Å²) < 4.78 is 28.4. The number of nitrogens with zero attached hydrogens (tertiary/aromatic N) is 2. The molecular formula is C12H25N3O2S. The average molecular weight is 275 g/mol. The van der Waals surface area contributed by atoms with Gasteiger partial charge in [-0.15, -0.1) is 0 Å². The zero-order valence-corrected chi connectivity index (χ0v) is 12.2. The summed E-state index contributed by atoms with van der Waals surface area (Å²) in [5, 5.41) is 0. The van der Waals surface area contributed by atoms with E-state index in [0.29, 0.717) is 38.0 Å². The molecule has 0 saturated carbocycles. The maximum atomic E-state index is 12.6. The summed E-state index contributed by atoms with van der Waals surface area (Å²) in [5.41, 5.74) is 5.88. The average Bonchev–Trinajstić information content (AvgIpc) is 2.27. The lowest BCUT2D eigenvalue weighted by molar-refractivity contribution is 0.201. The van der Waals surface area contributed by atoms with E-state index in [9.17, 15) is 8.42 Å². The molecule has 2 heterocycles. The summed E-state index contributed by atoms with van der Waals surface area (Å²) in [6, 6.07) is -0.00633. The normalized spacial score (nSPS) is 36.7. The molecule has 0 bridgehead atoms. The van der Waals surface area contributed by atoms with Gasteiger partial charge in [0, 0.05) is 32.2 Å². The van der Waals surface area contributed by atoms with Gasteiger partial charge in [-0.3, -0.25) is 0 Å². The summed E-state index contributed by atoms with van der Waals surface area (Å²) in [4.78, 5) is 0. The first-order valence-corrected chi connectivity index (χ1v) is 8.30. The van der Waals surface area contributed by atoms with Crippen LogP contribution in [0.4, 0.5) is 0 Å². The highest BCUT2D eigenvalue weighted by atomic mass is 32.2. The Morgan fingerprint density at radius 1 is 1.06 bits per heavy atom. The Kier molecular flexibility index (Phi) is 4.31. The van der Waals surface area contributed by atoms with E-state index in [4.69, 9.17) is 5.73 Å². The highest BCUT2D eigenvalue weighted by Gasteiger charge is 2.36. The van der Waals surface area contributed by atoms with Crippen LogP contribution in [0.1, 0.15) is 33.1 Å². The van der Waals surface area contributed by atoms with E-state index in [1.165, 1.54) is 0 Å². The van der Waals surface area contributed by atoms with Gasteiger partial charge in [-0.05, 0) is 31.1 Å². The lowest BCUT2D eigenvalue weighted by Gasteiger charge is -2.39. The predicted octanol–water partition coefficient (Wildman–Crippen LogP) is 0.632. The van der Waals surface area contributed by atoms with E-state index in [2.05, 4.69) is 13.8 Å². The maximum absolute atomic E-state index is 12.6. The molecule has 0 amide bonds. The molecule has 0 radical (unpaired) electrons. The summed E-state index contributed by atoms with van der Waals surface area (Å²) in [7, 11) is -3.30. The number of rotatable bonds is 2. The van der Waals surface area contributed by atoms with Crippen molar-refractivity contribution in [1.82, 2.24) is 8.61 Å². The van der Waals surface area contributed by atoms with Crippen molar-refractivity contribution in [3.05, 3.63) is 0 Å². The summed E-state index contributed by atoms with van der Waals surface area (Å²) >= 11 is 0. The van der Waals surface area contributed by atoms with Gasteiger partial charge in [0.15, 0.2) is 0 Å². The summed E-state index contributed by atoms with van der Waals surface area (Å²) in [6.45, 7) is 6.65. The van der Waals surface area contributed by atoms with E-state index >= 15 is 0 Å². The van der Waals surface area contributed by atoms with Gasteiger partial charge in [-0.25, -0.2) is 0 Å². The minimum absolute atomic E-state index is 0.00633. The molecule has 0 aromatic rings. The van der Waals surface area contributed by atoms with Gasteiger partial charge in [0.2, 0.25) is 0 Å². The molecule has 0 spiro atoms. The summed E-state index contributed by atoms with van der Waals surface area (Å²) in [5.74, 6) is 0.893. The highest BCUT2D eigenvalue weighted by molar-refractivity contribution is 7.86. The fourth-order valence-corrected chi connectivity index (χ4v) is 5.09. The van der Waals surface area contributed by atoms with Crippen LogP contribution in [0.5, 0.6) is 0 Å². The fourth-order valence-electron chi connectivity index (χ4n) is 3.14. The van der Waals surface area contributed by atoms with Gasteiger partial charge < -0.3 is 5.73 Å². The van der Waals surface area contributed by atoms with Crippen molar-refractivity contribution in [2.45, 2.75) is 39.2 Å². The molecule has 2 aliphatic heterocycles. The molecule has 3 atom stereocenters. The van der Waals surface area contributed by atoms with Crippen molar-refractivity contribution in [2.75, 3.05) is 26.2 Å². The Morgan fingerprint density at radius 2 is 1.67 bits per heavy atom. The number of nitrogens with two attached hydrogens (primary N) is 1.